The van der Waals surface area contributed by atoms with E-state index in [2.05, 4.69) is 20.3 Å². The van der Waals surface area contributed by atoms with Gasteiger partial charge in [-0.1, -0.05) is 5.21 Å². The molecule has 3 heterocycles. The molecule has 2 aromatic heterocycles. The van der Waals surface area contributed by atoms with E-state index >= 15 is 0 Å². The van der Waals surface area contributed by atoms with Crippen molar-refractivity contribution in [2.75, 3.05) is 20.2 Å². The van der Waals surface area contributed by atoms with Gasteiger partial charge in [0.25, 0.3) is 0 Å². The van der Waals surface area contributed by atoms with Crippen molar-refractivity contribution in [2.45, 2.75) is 38.5 Å². The van der Waals surface area contributed by atoms with Crippen LogP contribution in [0.25, 0.3) is 0 Å². The van der Waals surface area contributed by atoms with Gasteiger partial charge in [-0.15, -0.1) is 5.10 Å². The van der Waals surface area contributed by atoms with E-state index in [1.54, 1.807) is 28.9 Å². The second-order valence-corrected chi connectivity index (χ2v) is 6.34. The van der Waals surface area contributed by atoms with Crippen molar-refractivity contribution in [3.05, 3.63) is 23.7 Å². The summed E-state index contributed by atoms with van der Waals surface area (Å²) in [6.07, 6.45) is 5.14. The Hall–Kier alpha value is -1.93. The van der Waals surface area contributed by atoms with Gasteiger partial charge in [0.1, 0.15) is 0 Å². The largest absolute Gasteiger partial charge is 0.481 e. The summed E-state index contributed by atoms with van der Waals surface area (Å²) in [6, 6.07) is 0. The van der Waals surface area contributed by atoms with Crippen LogP contribution in [0.5, 0.6) is 5.88 Å². The van der Waals surface area contributed by atoms with Crippen LogP contribution in [0.15, 0.2) is 12.4 Å². The summed E-state index contributed by atoms with van der Waals surface area (Å²) in [5, 5.41) is 23.1. The number of ether oxygens (including phenoxy) is 1. The van der Waals surface area contributed by atoms with Crippen molar-refractivity contribution in [1.82, 2.24) is 29.7 Å². The number of piperidine rings is 1. The summed E-state index contributed by atoms with van der Waals surface area (Å²) < 4.78 is 8.92. The van der Waals surface area contributed by atoms with Crippen LogP contribution in [0.4, 0.5) is 0 Å². The SMILES string of the molecule is COc1c(CN2CCCC(O)(Cn3ccnn3)C2)c(C)nn1C. The highest BCUT2D eigenvalue weighted by atomic mass is 16.5. The van der Waals surface area contributed by atoms with Gasteiger partial charge in [-0.3, -0.25) is 4.90 Å². The molecule has 0 aliphatic carbocycles. The van der Waals surface area contributed by atoms with E-state index in [0.29, 0.717) is 13.1 Å². The van der Waals surface area contributed by atoms with Crippen molar-refractivity contribution >= 4 is 0 Å². The van der Waals surface area contributed by atoms with Crippen LogP contribution in [-0.4, -0.2) is 60.6 Å². The predicted molar refractivity (Wildman–Crippen MR) is 84.0 cm³/mol. The van der Waals surface area contributed by atoms with E-state index in [0.717, 1.165) is 43.1 Å². The highest BCUT2D eigenvalue weighted by molar-refractivity contribution is 5.30. The maximum absolute atomic E-state index is 10.9. The van der Waals surface area contributed by atoms with Crippen LogP contribution in [0.2, 0.25) is 0 Å². The lowest BCUT2D eigenvalue weighted by molar-refractivity contribution is -0.0480. The van der Waals surface area contributed by atoms with Crippen LogP contribution in [0, 0.1) is 6.92 Å². The standard InChI is InChI=1S/C15H24N6O2/c1-12-13(14(23-3)19(2)17-12)9-20-7-4-5-15(22,10-20)11-21-8-6-16-18-21/h6,8,22H,4-5,7,9-11H2,1-3H3. The molecule has 0 bridgehead atoms. The van der Waals surface area contributed by atoms with E-state index in [9.17, 15) is 5.11 Å². The van der Waals surface area contributed by atoms with E-state index in [-0.39, 0.29) is 0 Å². The number of methoxy groups -OCH3 is 1. The van der Waals surface area contributed by atoms with Gasteiger partial charge in [0, 0.05) is 26.3 Å². The lowest BCUT2D eigenvalue weighted by Crippen LogP contribution is -2.50. The van der Waals surface area contributed by atoms with Crippen LogP contribution in [-0.2, 0) is 20.1 Å². The topological polar surface area (TPSA) is 81.2 Å². The number of rotatable bonds is 5. The fraction of sp³-hybridized carbons (Fsp3) is 0.667. The molecule has 1 unspecified atom stereocenters. The molecule has 8 heteroatoms. The molecule has 1 aliphatic heterocycles. The van der Waals surface area contributed by atoms with E-state index in [1.807, 2.05) is 14.0 Å². The average molecular weight is 320 g/mol. The second kappa shape index (κ2) is 6.29. The Bertz CT molecular complexity index is 653. The highest BCUT2D eigenvalue weighted by Crippen LogP contribution is 2.28. The van der Waals surface area contributed by atoms with Gasteiger partial charge < -0.3 is 9.84 Å². The Morgan fingerprint density at radius 3 is 2.96 bits per heavy atom. The number of aryl methyl sites for hydroxylation is 2. The number of β-amino-alcohol motifs (C(OH)–C–C–N with tert-alkyl or cyclic N) is 1. The van der Waals surface area contributed by atoms with Crippen molar-refractivity contribution in [3.63, 3.8) is 0 Å². The van der Waals surface area contributed by atoms with E-state index < -0.39 is 5.60 Å². The fourth-order valence-electron chi connectivity index (χ4n) is 3.43. The average Bonchev–Trinajstić information content (AvgIpc) is 3.07. The Labute approximate surface area is 135 Å². The van der Waals surface area contributed by atoms with Gasteiger partial charge in [0.2, 0.25) is 5.88 Å². The lowest BCUT2D eigenvalue weighted by Gasteiger charge is -2.39. The van der Waals surface area contributed by atoms with Crippen molar-refractivity contribution in [3.8, 4) is 5.88 Å². The molecular weight excluding hydrogens is 296 g/mol. The molecule has 3 rings (SSSR count). The molecule has 1 saturated heterocycles. The smallest absolute Gasteiger partial charge is 0.216 e. The van der Waals surface area contributed by atoms with Crippen LogP contribution in [0.1, 0.15) is 24.1 Å². The predicted octanol–water partition coefficient (Wildman–Crippen LogP) is 0.356. The number of nitrogens with zero attached hydrogens (tertiary/aromatic N) is 6. The summed E-state index contributed by atoms with van der Waals surface area (Å²) in [5.74, 6) is 0.785. The first kappa shape index (κ1) is 15.9. The summed E-state index contributed by atoms with van der Waals surface area (Å²) in [7, 11) is 3.55. The minimum atomic E-state index is -0.782. The number of hydrogen-bond donors (Lipinski definition) is 1. The van der Waals surface area contributed by atoms with E-state index in [1.165, 1.54) is 0 Å². The summed E-state index contributed by atoms with van der Waals surface area (Å²) in [5.41, 5.74) is 1.27. The maximum atomic E-state index is 10.9. The normalized spacial score (nSPS) is 22.4. The second-order valence-electron chi connectivity index (χ2n) is 6.34. The zero-order valence-corrected chi connectivity index (χ0v) is 13.9. The lowest BCUT2D eigenvalue weighted by atomic mass is 9.92. The van der Waals surface area contributed by atoms with Gasteiger partial charge in [-0.2, -0.15) is 5.10 Å². The Morgan fingerprint density at radius 2 is 2.26 bits per heavy atom. The summed E-state index contributed by atoms with van der Waals surface area (Å²) >= 11 is 0. The molecule has 8 nitrogen and oxygen atoms in total. The van der Waals surface area contributed by atoms with Crippen molar-refractivity contribution in [2.24, 2.45) is 7.05 Å². The first-order valence-electron chi connectivity index (χ1n) is 7.86. The van der Waals surface area contributed by atoms with Gasteiger partial charge in [-0.05, 0) is 26.3 Å². The Morgan fingerprint density at radius 1 is 1.43 bits per heavy atom. The summed E-state index contributed by atoms with van der Waals surface area (Å²) in [4.78, 5) is 2.26. The Kier molecular flexibility index (Phi) is 4.36. The zero-order valence-electron chi connectivity index (χ0n) is 13.9. The fourth-order valence-corrected chi connectivity index (χ4v) is 3.43. The molecule has 0 aromatic carbocycles. The number of aliphatic hydroxyl groups is 1. The quantitative estimate of drug-likeness (QED) is 0.856. The highest BCUT2D eigenvalue weighted by Gasteiger charge is 2.34. The monoisotopic (exact) mass is 320 g/mol. The molecule has 0 radical (unpaired) electrons. The van der Waals surface area contributed by atoms with Gasteiger partial charge in [0.05, 0.1) is 36.7 Å². The van der Waals surface area contributed by atoms with Gasteiger partial charge in [-0.25, -0.2) is 9.36 Å². The molecular formula is C15H24N6O2. The zero-order chi connectivity index (χ0) is 16.4. The molecule has 1 fully saturated rings. The number of likely N-dealkylation sites (tertiary alicyclic amines) is 1. The third kappa shape index (κ3) is 3.37. The van der Waals surface area contributed by atoms with E-state index in [4.69, 9.17) is 4.74 Å². The third-order valence-corrected chi connectivity index (χ3v) is 4.43. The molecule has 2 aromatic rings. The molecule has 23 heavy (non-hydrogen) atoms. The third-order valence-electron chi connectivity index (χ3n) is 4.43. The van der Waals surface area contributed by atoms with Crippen molar-refractivity contribution < 1.29 is 9.84 Å². The van der Waals surface area contributed by atoms with Crippen molar-refractivity contribution in [1.29, 1.82) is 0 Å². The first-order valence-corrected chi connectivity index (χ1v) is 7.86. The minimum Gasteiger partial charge on any atom is -0.481 e. The van der Waals surface area contributed by atoms with Crippen LogP contribution >= 0.6 is 0 Å². The minimum absolute atomic E-state index is 0.465. The van der Waals surface area contributed by atoms with Crippen LogP contribution in [0.3, 0.4) is 0 Å². The number of aromatic nitrogens is 5. The maximum Gasteiger partial charge on any atom is 0.216 e. The summed E-state index contributed by atoms with van der Waals surface area (Å²) in [6.45, 7) is 4.74. The molecule has 0 saturated carbocycles. The molecule has 1 N–H and O–H groups in total. The Balaban J connectivity index is 1.72. The molecule has 1 aliphatic rings. The van der Waals surface area contributed by atoms with Gasteiger partial charge >= 0.3 is 0 Å². The first-order chi connectivity index (χ1) is 11.0. The molecule has 0 amide bonds. The van der Waals surface area contributed by atoms with Gasteiger partial charge in [0.15, 0.2) is 0 Å². The number of hydrogen-bond acceptors (Lipinski definition) is 6. The molecule has 0 spiro atoms. The molecule has 1 atom stereocenters. The molecule has 126 valence electrons. The van der Waals surface area contributed by atoms with Crippen LogP contribution < -0.4 is 4.74 Å².